The normalized spacial score (nSPS) is 16.3. The van der Waals surface area contributed by atoms with Crippen LogP contribution in [0.25, 0.3) is 0 Å². The third kappa shape index (κ3) is 5.31. The summed E-state index contributed by atoms with van der Waals surface area (Å²) in [5.41, 5.74) is 2.00. The van der Waals surface area contributed by atoms with E-state index in [9.17, 15) is 4.79 Å². The summed E-state index contributed by atoms with van der Waals surface area (Å²) in [7, 11) is 0. The second kappa shape index (κ2) is 9.65. The standard InChI is InChI=1S/C23H27N5O2/c1-18(23-25-21(26-30-23)16-19-8-4-2-5-9-19)28-14-12-27(13-15-28)17-22(29)24-20-10-6-3-7-11-20/h2-11,18H,12-17H2,1H3,(H,24,29)/t18-/m0/s1. The van der Waals surface area contributed by atoms with Crippen molar-refractivity contribution in [2.75, 3.05) is 38.0 Å². The molecule has 3 aromatic rings. The highest BCUT2D eigenvalue weighted by Gasteiger charge is 2.26. The number of rotatable bonds is 7. The van der Waals surface area contributed by atoms with Gasteiger partial charge in [0.25, 0.3) is 0 Å². The van der Waals surface area contributed by atoms with Crippen molar-refractivity contribution in [2.24, 2.45) is 0 Å². The zero-order valence-electron chi connectivity index (χ0n) is 17.2. The zero-order valence-corrected chi connectivity index (χ0v) is 17.2. The van der Waals surface area contributed by atoms with Gasteiger partial charge in [0.15, 0.2) is 5.82 Å². The Kier molecular flexibility index (Phi) is 6.51. The van der Waals surface area contributed by atoms with Gasteiger partial charge in [0.05, 0.1) is 12.6 Å². The largest absolute Gasteiger partial charge is 0.338 e. The molecule has 2 aromatic carbocycles. The SMILES string of the molecule is C[C@@H](c1nc(Cc2ccccc2)no1)N1CCN(CC(=O)Nc2ccccc2)CC1. The summed E-state index contributed by atoms with van der Waals surface area (Å²) in [6.07, 6.45) is 0.668. The maximum absolute atomic E-state index is 12.3. The molecule has 1 N–H and O–H groups in total. The molecule has 7 heteroatoms. The Labute approximate surface area is 176 Å². The van der Waals surface area contributed by atoms with E-state index in [-0.39, 0.29) is 11.9 Å². The highest BCUT2D eigenvalue weighted by atomic mass is 16.5. The molecule has 1 saturated heterocycles. The maximum Gasteiger partial charge on any atom is 0.243 e. The monoisotopic (exact) mass is 405 g/mol. The highest BCUT2D eigenvalue weighted by molar-refractivity contribution is 5.92. The molecule has 1 atom stereocenters. The minimum absolute atomic E-state index is 0.0187. The molecule has 30 heavy (non-hydrogen) atoms. The summed E-state index contributed by atoms with van der Waals surface area (Å²) >= 11 is 0. The van der Waals surface area contributed by atoms with E-state index in [1.165, 1.54) is 5.56 Å². The number of hydrogen-bond donors (Lipinski definition) is 1. The smallest absolute Gasteiger partial charge is 0.243 e. The van der Waals surface area contributed by atoms with Crippen LogP contribution in [-0.4, -0.2) is 58.6 Å². The molecule has 0 bridgehead atoms. The minimum atomic E-state index is 0.0187. The lowest BCUT2D eigenvalue weighted by Crippen LogP contribution is -2.49. The molecule has 0 aliphatic carbocycles. The van der Waals surface area contributed by atoms with E-state index in [1.807, 2.05) is 48.5 Å². The number of amides is 1. The number of benzene rings is 2. The van der Waals surface area contributed by atoms with Crippen molar-refractivity contribution in [1.82, 2.24) is 19.9 Å². The Hall–Kier alpha value is -3.03. The summed E-state index contributed by atoms with van der Waals surface area (Å²) in [5.74, 6) is 1.38. The fourth-order valence-corrected chi connectivity index (χ4v) is 3.68. The van der Waals surface area contributed by atoms with Crippen LogP contribution in [0.3, 0.4) is 0 Å². The number of aromatic nitrogens is 2. The molecule has 1 amide bonds. The number of carbonyl (C=O) groups is 1. The summed E-state index contributed by atoms with van der Waals surface area (Å²) in [6, 6.07) is 19.8. The van der Waals surface area contributed by atoms with Crippen molar-refractivity contribution in [3.05, 3.63) is 77.9 Å². The fourth-order valence-electron chi connectivity index (χ4n) is 3.68. The van der Waals surface area contributed by atoms with Crippen LogP contribution in [0.4, 0.5) is 5.69 Å². The number of hydrogen-bond acceptors (Lipinski definition) is 6. The maximum atomic E-state index is 12.3. The number of anilines is 1. The van der Waals surface area contributed by atoms with E-state index < -0.39 is 0 Å². The van der Waals surface area contributed by atoms with Crippen molar-refractivity contribution in [1.29, 1.82) is 0 Å². The number of piperazine rings is 1. The van der Waals surface area contributed by atoms with Gasteiger partial charge in [0.1, 0.15) is 0 Å². The van der Waals surface area contributed by atoms with Gasteiger partial charge in [-0.25, -0.2) is 0 Å². The molecular weight excluding hydrogens is 378 g/mol. The van der Waals surface area contributed by atoms with Crippen molar-refractivity contribution in [3.8, 4) is 0 Å². The van der Waals surface area contributed by atoms with Crippen molar-refractivity contribution in [2.45, 2.75) is 19.4 Å². The van der Waals surface area contributed by atoms with E-state index in [0.717, 1.165) is 31.9 Å². The average molecular weight is 406 g/mol. The molecule has 0 radical (unpaired) electrons. The van der Waals surface area contributed by atoms with Gasteiger partial charge in [0.2, 0.25) is 11.8 Å². The van der Waals surface area contributed by atoms with Crippen LogP contribution in [0, 0.1) is 0 Å². The first kappa shape index (κ1) is 20.3. The molecule has 1 aliphatic rings. The molecule has 0 unspecified atom stereocenters. The first-order chi connectivity index (χ1) is 14.7. The summed E-state index contributed by atoms with van der Waals surface area (Å²) in [5, 5.41) is 7.09. The Morgan fingerprint density at radius 2 is 1.70 bits per heavy atom. The number of carbonyl (C=O) groups excluding carboxylic acids is 1. The van der Waals surface area contributed by atoms with Crippen LogP contribution in [0.15, 0.2) is 65.2 Å². The van der Waals surface area contributed by atoms with Crippen LogP contribution in [-0.2, 0) is 11.2 Å². The number of nitrogens with one attached hydrogen (secondary N) is 1. The van der Waals surface area contributed by atoms with Crippen molar-refractivity contribution >= 4 is 11.6 Å². The van der Waals surface area contributed by atoms with Crippen molar-refractivity contribution in [3.63, 3.8) is 0 Å². The van der Waals surface area contributed by atoms with Gasteiger partial charge in [-0.3, -0.25) is 14.6 Å². The molecule has 4 rings (SSSR count). The molecule has 7 nitrogen and oxygen atoms in total. The van der Waals surface area contributed by atoms with Crippen LogP contribution < -0.4 is 5.32 Å². The second-order valence-corrected chi connectivity index (χ2v) is 7.61. The van der Waals surface area contributed by atoms with E-state index in [0.29, 0.717) is 24.7 Å². The van der Waals surface area contributed by atoms with Crippen molar-refractivity contribution < 1.29 is 9.32 Å². The van der Waals surface area contributed by atoms with Crippen LogP contribution >= 0.6 is 0 Å². The fraction of sp³-hybridized carbons (Fsp3) is 0.348. The topological polar surface area (TPSA) is 74.5 Å². The third-order valence-electron chi connectivity index (χ3n) is 5.43. The minimum Gasteiger partial charge on any atom is -0.338 e. The Morgan fingerprint density at radius 1 is 1.03 bits per heavy atom. The lowest BCUT2D eigenvalue weighted by Gasteiger charge is -2.36. The molecule has 0 saturated carbocycles. The van der Waals surface area contributed by atoms with Crippen LogP contribution in [0.2, 0.25) is 0 Å². The van der Waals surface area contributed by atoms with Crippen LogP contribution in [0.5, 0.6) is 0 Å². The summed E-state index contributed by atoms with van der Waals surface area (Å²) in [6.45, 7) is 5.87. The van der Waals surface area contributed by atoms with Gasteiger partial charge in [-0.15, -0.1) is 0 Å². The van der Waals surface area contributed by atoms with E-state index in [4.69, 9.17) is 4.52 Å². The number of para-hydroxylation sites is 1. The molecule has 1 fully saturated rings. The molecule has 0 spiro atoms. The van der Waals surface area contributed by atoms with E-state index in [1.54, 1.807) is 0 Å². The molecule has 1 aromatic heterocycles. The first-order valence-electron chi connectivity index (χ1n) is 10.3. The van der Waals surface area contributed by atoms with Gasteiger partial charge in [-0.05, 0) is 24.6 Å². The van der Waals surface area contributed by atoms with Gasteiger partial charge in [-0.2, -0.15) is 4.98 Å². The van der Waals surface area contributed by atoms with Gasteiger partial charge < -0.3 is 9.84 Å². The van der Waals surface area contributed by atoms with Gasteiger partial charge >= 0.3 is 0 Å². The summed E-state index contributed by atoms with van der Waals surface area (Å²) in [4.78, 5) is 21.4. The quantitative estimate of drug-likeness (QED) is 0.651. The van der Waals surface area contributed by atoms with Gasteiger partial charge in [-0.1, -0.05) is 53.7 Å². The molecule has 156 valence electrons. The highest BCUT2D eigenvalue weighted by Crippen LogP contribution is 2.21. The second-order valence-electron chi connectivity index (χ2n) is 7.61. The molecular formula is C23H27N5O2. The Morgan fingerprint density at radius 3 is 2.40 bits per heavy atom. The Balaban J connectivity index is 1.25. The zero-order chi connectivity index (χ0) is 20.8. The number of nitrogens with zero attached hydrogens (tertiary/aromatic N) is 4. The summed E-state index contributed by atoms with van der Waals surface area (Å²) < 4.78 is 5.53. The van der Waals surface area contributed by atoms with Gasteiger partial charge in [0, 0.05) is 38.3 Å². The van der Waals surface area contributed by atoms with E-state index in [2.05, 4.69) is 44.3 Å². The molecule has 2 heterocycles. The van der Waals surface area contributed by atoms with E-state index >= 15 is 0 Å². The lowest BCUT2D eigenvalue weighted by atomic mass is 10.1. The third-order valence-corrected chi connectivity index (χ3v) is 5.43. The predicted octanol–water partition coefficient (Wildman–Crippen LogP) is 2.98. The average Bonchev–Trinajstić information content (AvgIpc) is 3.23. The first-order valence-corrected chi connectivity index (χ1v) is 10.3. The van der Waals surface area contributed by atoms with Crippen LogP contribution in [0.1, 0.15) is 30.2 Å². The molecule has 1 aliphatic heterocycles. The predicted molar refractivity (Wildman–Crippen MR) is 115 cm³/mol. The lowest BCUT2D eigenvalue weighted by molar-refractivity contribution is -0.117. The Bertz CT molecular complexity index is 936.